The number of ether oxygens (including phenoxy) is 1. The largest absolute Gasteiger partial charge is 0.457 e. The van der Waals surface area contributed by atoms with Gasteiger partial charge in [0.05, 0.1) is 24.6 Å². The van der Waals surface area contributed by atoms with Crippen LogP contribution in [-0.4, -0.2) is 16.2 Å². The van der Waals surface area contributed by atoms with Crippen LogP contribution >= 0.6 is 0 Å². The minimum Gasteiger partial charge on any atom is -0.457 e. The maximum absolute atomic E-state index is 8.93. The summed E-state index contributed by atoms with van der Waals surface area (Å²) in [4.78, 5) is 4.88. The zero-order valence-electron chi connectivity index (χ0n) is 44.5. The molecule has 3 aliphatic rings. The highest BCUT2D eigenvalue weighted by atomic mass is 16.5. The first-order valence-corrected chi connectivity index (χ1v) is 21.1. The maximum Gasteiger partial charge on any atom is 0.186 e. The van der Waals surface area contributed by atoms with E-state index in [1.165, 1.54) is 11.1 Å². The summed E-state index contributed by atoms with van der Waals surface area (Å²) in [6.45, 7) is 20.3. The molecule has 0 spiro atoms. The van der Waals surface area contributed by atoms with Crippen molar-refractivity contribution in [1.29, 1.82) is 0 Å². The number of pyridine rings is 1. The van der Waals surface area contributed by atoms with Crippen molar-refractivity contribution in [1.82, 2.24) is 18.5 Å². The Kier molecular flexibility index (Phi) is 6.84. The molecule has 1 saturated heterocycles. The molecular weight excluding hydrogens is 745 g/mol. The third-order valence-corrected chi connectivity index (χ3v) is 12.7. The number of benzene rings is 6. The molecule has 2 aromatic heterocycles. The highest BCUT2D eigenvalue weighted by molar-refractivity contribution is 6.16. The van der Waals surface area contributed by atoms with Crippen LogP contribution in [-0.2, 0) is 16.2 Å². The fourth-order valence-corrected chi connectivity index (χ4v) is 9.37. The van der Waals surface area contributed by atoms with E-state index in [1.54, 1.807) is 12.3 Å². The van der Waals surface area contributed by atoms with E-state index in [4.69, 9.17) is 20.7 Å². The Morgan fingerprint density at radius 1 is 0.656 bits per heavy atom. The van der Waals surface area contributed by atoms with Gasteiger partial charge in [-0.25, -0.2) is 4.98 Å². The standard InChI is InChI=1S/C56H57N4O/c1-37-17-14-24-50-53(37)60(43-30-40(55(5,6)7)29-41(31-43)56(8,9)10)35-59(50,36-60)42-20-15-21-44(33-42)61-45-25-26-47-49(34-45)58(51-32-39(27-28-57-51)54(2,3)4)48-23-16-22-46(52(47)48)38-18-12-11-13-19-38/h11-35H,36H2,1-10H3/q+1/t59-,60+/m1/s1/i1D3,11D,12D,13D,18D,19D. The molecule has 3 aliphatic heterocycles. The lowest BCUT2D eigenvalue weighted by Gasteiger charge is -2.56. The van der Waals surface area contributed by atoms with Crippen molar-refractivity contribution in [2.24, 2.45) is 0 Å². The number of hydrogen-bond donors (Lipinski definition) is 0. The molecule has 2 atom stereocenters. The summed E-state index contributed by atoms with van der Waals surface area (Å²) in [5.41, 5.74) is 9.23. The fraction of sp³-hybridized carbons (Fsp3) is 0.250. The van der Waals surface area contributed by atoms with Crippen molar-refractivity contribution in [3.05, 3.63) is 175 Å². The van der Waals surface area contributed by atoms with Crippen LogP contribution in [0.4, 0.5) is 22.7 Å². The van der Waals surface area contributed by atoms with Gasteiger partial charge in [-0.2, -0.15) is 0 Å². The number of quaternary nitrogens is 2. The van der Waals surface area contributed by atoms with Gasteiger partial charge in [0, 0.05) is 57.0 Å². The zero-order valence-corrected chi connectivity index (χ0v) is 36.5. The van der Waals surface area contributed by atoms with E-state index in [-0.39, 0.29) is 33.9 Å². The molecular formula is C56H57N4O+. The normalized spacial score (nSPS) is 20.7. The lowest BCUT2D eigenvalue weighted by atomic mass is 9.80. The SMILES string of the molecule is [2H]c1c([2H])c([2H])c(-c2cccc3c2c2ccc(Oc4cccc([N@@+]56[CH-][N@@+](c7cc(C(C)(C)C)cc(C(C)(C)C)c7)(C5)c5c(C([2H])([2H])[2H])cccc56)c4)cc2n3-c2cc(C(C)(C)C)ccn2)c([2H])c1[2H]. The first-order chi connectivity index (χ1) is 32.2. The average molecular weight is 810 g/mol. The Balaban J connectivity index is 1.11. The van der Waals surface area contributed by atoms with Crippen molar-refractivity contribution >= 4 is 44.6 Å². The molecule has 0 unspecified atom stereocenters. The van der Waals surface area contributed by atoms with E-state index >= 15 is 0 Å². The number of aromatic nitrogens is 2. The van der Waals surface area contributed by atoms with Gasteiger partial charge in [-0.15, -0.1) is 0 Å². The Morgan fingerprint density at radius 2 is 1.34 bits per heavy atom. The van der Waals surface area contributed by atoms with Gasteiger partial charge in [0.15, 0.2) is 18.0 Å². The molecule has 6 aromatic carbocycles. The molecule has 5 heteroatoms. The molecule has 0 radical (unpaired) electrons. The summed E-state index contributed by atoms with van der Waals surface area (Å²) >= 11 is 0. The van der Waals surface area contributed by atoms with Crippen LogP contribution in [0.25, 0.3) is 38.8 Å². The third-order valence-electron chi connectivity index (χ3n) is 12.7. The van der Waals surface area contributed by atoms with Crippen molar-refractivity contribution in [3.8, 4) is 28.4 Å². The Hall–Kier alpha value is -6.01. The Bertz CT molecular complexity index is 3380. The first kappa shape index (κ1) is 30.9. The van der Waals surface area contributed by atoms with Gasteiger partial charge in [0.2, 0.25) is 0 Å². The molecule has 0 aliphatic carbocycles. The summed E-state index contributed by atoms with van der Waals surface area (Å²) in [7, 11) is 0. The average Bonchev–Trinajstić information content (AvgIpc) is 3.88. The first-order valence-electron chi connectivity index (χ1n) is 25.1. The van der Waals surface area contributed by atoms with E-state index in [0.29, 0.717) is 44.1 Å². The molecule has 11 rings (SSSR count). The number of para-hydroxylation sites is 1. The highest BCUT2D eigenvalue weighted by Crippen LogP contribution is 2.66. The van der Waals surface area contributed by atoms with Crippen molar-refractivity contribution in [3.63, 3.8) is 0 Å². The van der Waals surface area contributed by atoms with Crippen molar-refractivity contribution < 1.29 is 15.7 Å². The summed E-state index contributed by atoms with van der Waals surface area (Å²) in [6.07, 6.45) is 1.80. The van der Waals surface area contributed by atoms with Crippen LogP contribution in [0.5, 0.6) is 11.5 Å². The van der Waals surface area contributed by atoms with Gasteiger partial charge in [0.25, 0.3) is 0 Å². The van der Waals surface area contributed by atoms with Crippen LogP contribution in [0.15, 0.2) is 146 Å². The van der Waals surface area contributed by atoms with Crippen LogP contribution in [0, 0.1) is 13.5 Å². The molecule has 0 saturated carbocycles. The molecule has 8 aromatic rings. The smallest absolute Gasteiger partial charge is 0.186 e. The van der Waals surface area contributed by atoms with E-state index in [1.807, 2.05) is 66.7 Å². The number of hydrogen-bond acceptors (Lipinski definition) is 2. The maximum atomic E-state index is 8.93. The molecule has 1 fully saturated rings. The second-order valence-electron chi connectivity index (χ2n) is 19.9. The lowest BCUT2D eigenvalue weighted by Crippen LogP contribution is -2.67. The molecule has 0 N–H and O–H groups in total. The highest BCUT2D eigenvalue weighted by Gasteiger charge is 2.63. The molecule has 5 heterocycles. The van der Waals surface area contributed by atoms with Crippen molar-refractivity contribution in [2.75, 3.05) is 6.67 Å². The third kappa shape index (κ3) is 6.23. The summed E-state index contributed by atoms with van der Waals surface area (Å²) < 4.78 is 78.9. The molecule has 61 heavy (non-hydrogen) atoms. The number of fused-ring (bicyclic) bond motifs is 3. The van der Waals surface area contributed by atoms with Crippen LogP contribution in [0.1, 0.15) is 95.5 Å². The predicted molar refractivity (Wildman–Crippen MR) is 256 cm³/mol. The molecule has 2 bridgehead atoms. The molecule has 5 nitrogen and oxygen atoms in total. The van der Waals surface area contributed by atoms with Crippen molar-refractivity contribution in [2.45, 2.75) is 85.4 Å². The minimum atomic E-state index is -2.34. The predicted octanol–water partition coefficient (Wildman–Crippen LogP) is 15.2. The quantitative estimate of drug-likeness (QED) is 0.124. The van der Waals surface area contributed by atoms with Crippen LogP contribution < -0.4 is 13.7 Å². The van der Waals surface area contributed by atoms with E-state index < -0.39 is 25.0 Å². The number of rotatable bonds is 6. The van der Waals surface area contributed by atoms with Gasteiger partial charge < -0.3 is 4.74 Å². The summed E-state index contributed by atoms with van der Waals surface area (Å²) in [5, 5.41) is 1.52. The van der Waals surface area contributed by atoms with E-state index in [9.17, 15) is 0 Å². The van der Waals surface area contributed by atoms with Crippen LogP contribution in [0.2, 0.25) is 0 Å². The number of aryl methyl sites for hydroxylation is 1. The van der Waals surface area contributed by atoms with Gasteiger partial charge in [-0.1, -0.05) is 129 Å². The lowest BCUT2D eigenvalue weighted by molar-refractivity contribution is 0.186. The fourth-order valence-electron chi connectivity index (χ4n) is 9.37. The monoisotopic (exact) mass is 810 g/mol. The van der Waals surface area contributed by atoms with Gasteiger partial charge in [-0.3, -0.25) is 13.5 Å². The Morgan fingerprint density at radius 3 is 2.05 bits per heavy atom. The second kappa shape index (κ2) is 13.5. The zero-order chi connectivity index (χ0) is 49.5. The second-order valence-corrected chi connectivity index (χ2v) is 19.9. The molecule has 306 valence electrons. The van der Waals surface area contributed by atoms with Gasteiger partial charge in [0.1, 0.15) is 28.7 Å². The summed E-state index contributed by atoms with van der Waals surface area (Å²) in [5.74, 6) is 1.81. The van der Waals surface area contributed by atoms with Gasteiger partial charge in [-0.05, 0) is 93.4 Å². The van der Waals surface area contributed by atoms with Gasteiger partial charge >= 0.3 is 0 Å². The van der Waals surface area contributed by atoms with E-state index in [2.05, 4.69) is 110 Å². The molecule has 0 amide bonds. The van der Waals surface area contributed by atoms with E-state index in [0.717, 1.165) is 50.1 Å². The topological polar surface area (TPSA) is 27.1 Å². The number of nitrogens with zero attached hydrogens (tertiary/aromatic N) is 4. The van der Waals surface area contributed by atoms with Crippen LogP contribution in [0.3, 0.4) is 0 Å². The summed E-state index contributed by atoms with van der Waals surface area (Å²) in [6, 6.07) is 34.3. The minimum absolute atomic E-state index is 0.128. The Labute approximate surface area is 372 Å².